The summed E-state index contributed by atoms with van der Waals surface area (Å²) in [4.78, 5) is 18.5. The van der Waals surface area contributed by atoms with Crippen LogP contribution < -0.4 is 11.1 Å². The number of ether oxygens (including phenoxy) is 1. The minimum absolute atomic E-state index is 0.332. The van der Waals surface area contributed by atoms with E-state index in [1.807, 2.05) is 11.8 Å². The molecule has 0 aliphatic carbocycles. The predicted octanol–water partition coefficient (Wildman–Crippen LogP) is 1.30. The molecule has 1 saturated heterocycles. The van der Waals surface area contributed by atoms with Crippen molar-refractivity contribution in [2.45, 2.75) is 6.92 Å². The number of carbonyl (C=O) groups is 1. The Bertz CT molecular complexity index is 478. The third kappa shape index (κ3) is 4.78. The van der Waals surface area contributed by atoms with Crippen LogP contribution in [0.15, 0.2) is 12.3 Å². The molecule has 0 unspecified atom stereocenters. The van der Waals surface area contributed by atoms with Crippen molar-refractivity contribution in [1.82, 2.24) is 9.88 Å². The number of nitrogens with two attached hydrogens (primary N) is 1. The second-order valence-electron chi connectivity index (χ2n) is 4.77. The lowest BCUT2D eigenvalue weighted by molar-refractivity contribution is 0.0527. The fourth-order valence-corrected chi connectivity index (χ4v) is 3.12. The summed E-state index contributed by atoms with van der Waals surface area (Å²) in [6, 6.07) is 1.60. The van der Waals surface area contributed by atoms with Gasteiger partial charge in [0.2, 0.25) is 0 Å². The Labute approximate surface area is 129 Å². The van der Waals surface area contributed by atoms with Crippen molar-refractivity contribution in [3.63, 3.8) is 0 Å². The molecule has 0 bridgehead atoms. The van der Waals surface area contributed by atoms with Gasteiger partial charge in [-0.15, -0.1) is 0 Å². The lowest BCUT2D eigenvalue weighted by Crippen LogP contribution is -2.36. The first kappa shape index (κ1) is 15.9. The zero-order chi connectivity index (χ0) is 15.1. The highest BCUT2D eigenvalue weighted by Gasteiger charge is 2.15. The van der Waals surface area contributed by atoms with Crippen molar-refractivity contribution in [3.05, 3.63) is 17.8 Å². The normalized spacial score (nSPS) is 15.7. The molecule has 0 aromatic carbocycles. The maximum absolute atomic E-state index is 11.9. The van der Waals surface area contributed by atoms with Crippen LogP contribution in [0, 0.1) is 0 Å². The molecule has 21 heavy (non-hydrogen) atoms. The van der Waals surface area contributed by atoms with Gasteiger partial charge in [-0.2, -0.15) is 11.8 Å². The third-order valence-electron chi connectivity index (χ3n) is 3.23. The van der Waals surface area contributed by atoms with Crippen molar-refractivity contribution in [2.75, 3.05) is 55.3 Å². The Balaban J connectivity index is 1.93. The highest BCUT2D eigenvalue weighted by atomic mass is 32.2. The fraction of sp³-hybridized carbons (Fsp3) is 0.571. The van der Waals surface area contributed by atoms with E-state index >= 15 is 0 Å². The van der Waals surface area contributed by atoms with E-state index in [1.165, 1.54) is 11.5 Å². The van der Waals surface area contributed by atoms with E-state index in [0.29, 0.717) is 23.7 Å². The number of aromatic nitrogens is 1. The topological polar surface area (TPSA) is 80.5 Å². The number of anilines is 2. The van der Waals surface area contributed by atoms with Crippen molar-refractivity contribution in [1.29, 1.82) is 0 Å². The molecule has 0 radical (unpaired) electrons. The molecule has 2 rings (SSSR count). The minimum Gasteiger partial charge on any atom is -0.462 e. The number of rotatable bonds is 6. The number of nitrogens with one attached hydrogen (secondary N) is 1. The standard InChI is InChI=1S/C14H22N4O2S/c1-2-20-14(19)12-9-11(15)10-17-13(12)16-3-4-18-5-7-21-8-6-18/h9-10H,2-8,15H2,1H3,(H,16,17). The Morgan fingerprint density at radius 2 is 2.29 bits per heavy atom. The predicted molar refractivity (Wildman–Crippen MR) is 86.9 cm³/mol. The highest BCUT2D eigenvalue weighted by molar-refractivity contribution is 7.99. The molecular weight excluding hydrogens is 288 g/mol. The van der Waals surface area contributed by atoms with E-state index in [0.717, 1.165) is 26.2 Å². The number of nitrogen functional groups attached to an aromatic ring is 1. The summed E-state index contributed by atoms with van der Waals surface area (Å²) >= 11 is 1.99. The van der Waals surface area contributed by atoms with Gasteiger partial charge in [-0.1, -0.05) is 0 Å². The van der Waals surface area contributed by atoms with Crippen molar-refractivity contribution >= 4 is 29.2 Å². The number of thioether (sulfide) groups is 1. The van der Waals surface area contributed by atoms with Crippen LogP contribution >= 0.6 is 11.8 Å². The summed E-state index contributed by atoms with van der Waals surface area (Å²) in [5.74, 6) is 2.52. The van der Waals surface area contributed by atoms with Crippen molar-refractivity contribution < 1.29 is 9.53 Å². The maximum Gasteiger partial charge on any atom is 0.341 e. The van der Waals surface area contributed by atoms with E-state index in [9.17, 15) is 4.79 Å². The van der Waals surface area contributed by atoms with Gasteiger partial charge in [-0.05, 0) is 13.0 Å². The molecule has 2 heterocycles. The molecule has 1 aliphatic heterocycles. The van der Waals surface area contributed by atoms with E-state index in [1.54, 1.807) is 19.2 Å². The molecule has 1 aliphatic rings. The first-order valence-electron chi connectivity index (χ1n) is 7.17. The number of nitrogens with zero attached hydrogens (tertiary/aromatic N) is 2. The molecule has 0 atom stereocenters. The van der Waals surface area contributed by atoms with Crippen LogP contribution in [0.4, 0.5) is 11.5 Å². The van der Waals surface area contributed by atoms with Crippen molar-refractivity contribution in [3.8, 4) is 0 Å². The largest absolute Gasteiger partial charge is 0.462 e. The highest BCUT2D eigenvalue weighted by Crippen LogP contribution is 2.17. The molecule has 0 spiro atoms. The number of carbonyl (C=O) groups excluding carboxylic acids is 1. The molecule has 1 aromatic rings. The Hall–Kier alpha value is -1.47. The molecule has 1 aromatic heterocycles. The number of pyridine rings is 1. The van der Waals surface area contributed by atoms with Gasteiger partial charge in [0.25, 0.3) is 0 Å². The number of esters is 1. The lowest BCUT2D eigenvalue weighted by Gasteiger charge is -2.26. The van der Waals surface area contributed by atoms with E-state index in [4.69, 9.17) is 10.5 Å². The van der Waals surface area contributed by atoms with E-state index in [2.05, 4.69) is 15.2 Å². The van der Waals surface area contributed by atoms with Crippen LogP contribution in [-0.4, -0.2) is 60.1 Å². The van der Waals surface area contributed by atoms with Gasteiger partial charge in [0.05, 0.1) is 18.5 Å². The molecule has 3 N–H and O–H groups in total. The molecule has 6 nitrogen and oxygen atoms in total. The van der Waals surface area contributed by atoms with Crippen LogP contribution in [0.25, 0.3) is 0 Å². The quantitative estimate of drug-likeness (QED) is 0.767. The molecule has 7 heteroatoms. The second kappa shape index (κ2) is 8.09. The summed E-state index contributed by atoms with van der Waals surface area (Å²) < 4.78 is 5.03. The van der Waals surface area contributed by atoms with Gasteiger partial charge >= 0.3 is 5.97 Å². The smallest absolute Gasteiger partial charge is 0.341 e. The summed E-state index contributed by atoms with van der Waals surface area (Å²) in [5.41, 5.74) is 6.55. The zero-order valence-corrected chi connectivity index (χ0v) is 13.1. The lowest BCUT2D eigenvalue weighted by atomic mass is 10.2. The average molecular weight is 310 g/mol. The maximum atomic E-state index is 11.9. The van der Waals surface area contributed by atoms with Gasteiger partial charge in [-0.25, -0.2) is 9.78 Å². The Morgan fingerprint density at radius 3 is 3.00 bits per heavy atom. The van der Waals surface area contributed by atoms with Crippen LogP contribution in [0.3, 0.4) is 0 Å². The molecule has 1 fully saturated rings. The Kier molecular flexibility index (Phi) is 6.13. The molecule has 0 saturated carbocycles. The van der Waals surface area contributed by atoms with Crippen LogP contribution in [0.2, 0.25) is 0 Å². The van der Waals surface area contributed by atoms with Gasteiger partial charge in [-0.3, -0.25) is 4.90 Å². The van der Waals surface area contributed by atoms with Gasteiger partial charge in [0.1, 0.15) is 11.4 Å². The first-order chi connectivity index (χ1) is 10.2. The monoisotopic (exact) mass is 310 g/mol. The van der Waals surface area contributed by atoms with Crippen LogP contribution in [0.1, 0.15) is 17.3 Å². The summed E-state index contributed by atoms with van der Waals surface area (Å²) in [5, 5.41) is 3.21. The number of hydrogen-bond donors (Lipinski definition) is 2. The zero-order valence-electron chi connectivity index (χ0n) is 12.3. The third-order valence-corrected chi connectivity index (χ3v) is 4.17. The molecular formula is C14H22N4O2S. The van der Waals surface area contributed by atoms with Gasteiger partial charge in [0.15, 0.2) is 0 Å². The summed E-state index contributed by atoms with van der Waals surface area (Å²) in [6.45, 7) is 6.03. The van der Waals surface area contributed by atoms with Crippen molar-refractivity contribution in [2.24, 2.45) is 0 Å². The molecule has 116 valence electrons. The van der Waals surface area contributed by atoms with E-state index in [-0.39, 0.29) is 0 Å². The SMILES string of the molecule is CCOC(=O)c1cc(N)cnc1NCCN1CCSCC1. The molecule has 0 amide bonds. The van der Waals surface area contributed by atoms with E-state index < -0.39 is 5.97 Å². The van der Waals surface area contributed by atoms with Gasteiger partial charge < -0.3 is 15.8 Å². The average Bonchev–Trinajstić information content (AvgIpc) is 2.50. The minimum atomic E-state index is -0.394. The second-order valence-corrected chi connectivity index (χ2v) is 5.99. The van der Waals surface area contributed by atoms with Crippen LogP contribution in [0.5, 0.6) is 0 Å². The van der Waals surface area contributed by atoms with Gasteiger partial charge in [0, 0.05) is 37.7 Å². The first-order valence-corrected chi connectivity index (χ1v) is 8.32. The fourth-order valence-electron chi connectivity index (χ4n) is 2.14. The summed E-state index contributed by atoms with van der Waals surface area (Å²) in [6.07, 6.45) is 1.54. The number of hydrogen-bond acceptors (Lipinski definition) is 7. The van der Waals surface area contributed by atoms with Crippen LogP contribution in [-0.2, 0) is 4.74 Å². The summed E-state index contributed by atoms with van der Waals surface area (Å²) in [7, 11) is 0. The Morgan fingerprint density at radius 1 is 1.52 bits per heavy atom.